The second-order valence-electron chi connectivity index (χ2n) is 5.65. The van der Waals surface area contributed by atoms with Gasteiger partial charge in [0.1, 0.15) is 0 Å². The molecule has 1 aliphatic rings. The molecule has 1 saturated carbocycles. The summed E-state index contributed by atoms with van der Waals surface area (Å²) in [7, 11) is -3.39. The second kappa shape index (κ2) is 6.24. The molecule has 2 unspecified atom stereocenters. The molecule has 1 aromatic rings. The summed E-state index contributed by atoms with van der Waals surface area (Å²) in [5, 5.41) is 3.23. The van der Waals surface area contributed by atoms with E-state index in [-0.39, 0.29) is 0 Å². The fraction of sp³-hybridized carbons (Fsp3) is 0.600. The highest BCUT2D eigenvalue weighted by Crippen LogP contribution is 2.37. The number of nitrogens with one attached hydrogen (secondary N) is 2. The molecule has 0 aromatic heterocycles. The molecule has 0 bridgehead atoms. The van der Waals surface area contributed by atoms with Gasteiger partial charge in [-0.05, 0) is 48.9 Å². The lowest BCUT2D eigenvalue weighted by Crippen LogP contribution is -2.27. The number of hydrogen-bond donors (Lipinski definition) is 2. The van der Waals surface area contributed by atoms with Gasteiger partial charge < -0.3 is 5.32 Å². The van der Waals surface area contributed by atoms with Crippen molar-refractivity contribution in [1.82, 2.24) is 10.0 Å². The normalized spacial score (nSPS) is 21.9. The van der Waals surface area contributed by atoms with E-state index in [4.69, 9.17) is 0 Å². The predicted molar refractivity (Wildman–Crippen MR) is 81.0 cm³/mol. The Hall–Kier alpha value is -0.910. The van der Waals surface area contributed by atoms with Crippen LogP contribution in [0.25, 0.3) is 0 Å². The van der Waals surface area contributed by atoms with Gasteiger partial charge in [-0.1, -0.05) is 26.0 Å². The van der Waals surface area contributed by atoms with Gasteiger partial charge in [0, 0.05) is 13.1 Å². The van der Waals surface area contributed by atoms with E-state index in [2.05, 4.69) is 17.0 Å². The minimum atomic E-state index is -3.39. The molecule has 2 atom stereocenters. The Kier molecular flexibility index (Phi) is 4.83. The van der Waals surface area contributed by atoms with Gasteiger partial charge in [0.05, 0.1) is 4.90 Å². The van der Waals surface area contributed by atoms with Crippen LogP contribution in [0.4, 0.5) is 0 Å². The SMILES string of the molecule is CCNCc1cccc(S(=O)(=O)NCC2CC2C)c1C. The summed E-state index contributed by atoms with van der Waals surface area (Å²) in [6.07, 6.45) is 1.13. The first-order chi connectivity index (χ1) is 9.45. The molecule has 20 heavy (non-hydrogen) atoms. The zero-order valence-corrected chi connectivity index (χ0v) is 13.3. The average molecular weight is 296 g/mol. The molecule has 1 aromatic carbocycles. The zero-order chi connectivity index (χ0) is 14.8. The highest BCUT2D eigenvalue weighted by molar-refractivity contribution is 7.89. The molecule has 0 spiro atoms. The summed E-state index contributed by atoms with van der Waals surface area (Å²) in [6, 6.07) is 5.47. The second-order valence-corrected chi connectivity index (χ2v) is 7.38. The van der Waals surface area contributed by atoms with Crippen LogP contribution in [0.5, 0.6) is 0 Å². The van der Waals surface area contributed by atoms with Crippen molar-refractivity contribution < 1.29 is 8.42 Å². The Balaban J connectivity index is 2.13. The first-order valence-electron chi connectivity index (χ1n) is 7.24. The molecule has 0 aliphatic heterocycles. The Morgan fingerprint density at radius 1 is 1.35 bits per heavy atom. The van der Waals surface area contributed by atoms with Gasteiger partial charge in [-0.2, -0.15) is 0 Å². The number of benzene rings is 1. The lowest BCUT2D eigenvalue weighted by molar-refractivity contribution is 0.573. The standard InChI is InChI=1S/C15H24N2O2S/c1-4-16-9-13-6-5-7-15(12(13)3)20(18,19)17-10-14-8-11(14)2/h5-7,11,14,16-17H,4,8-10H2,1-3H3. The van der Waals surface area contributed by atoms with Gasteiger partial charge in [-0.15, -0.1) is 0 Å². The van der Waals surface area contributed by atoms with E-state index in [9.17, 15) is 8.42 Å². The summed E-state index contributed by atoms with van der Waals surface area (Å²) < 4.78 is 27.5. The Morgan fingerprint density at radius 2 is 2.05 bits per heavy atom. The summed E-state index contributed by atoms with van der Waals surface area (Å²) in [6.45, 7) is 8.19. The minimum absolute atomic E-state index is 0.404. The number of hydrogen-bond acceptors (Lipinski definition) is 3. The molecule has 0 saturated heterocycles. The van der Waals surface area contributed by atoms with Crippen LogP contribution in [-0.4, -0.2) is 21.5 Å². The first kappa shape index (κ1) is 15.5. The Morgan fingerprint density at radius 3 is 2.65 bits per heavy atom. The van der Waals surface area contributed by atoms with Crippen molar-refractivity contribution in [1.29, 1.82) is 0 Å². The number of rotatable bonds is 7. The molecule has 5 heteroatoms. The summed E-state index contributed by atoms with van der Waals surface area (Å²) in [5.41, 5.74) is 1.87. The molecule has 2 rings (SSSR count). The monoisotopic (exact) mass is 296 g/mol. The van der Waals surface area contributed by atoms with Crippen molar-refractivity contribution in [3.8, 4) is 0 Å². The third-order valence-corrected chi connectivity index (χ3v) is 5.63. The van der Waals surface area contributed by atoms with Crippen LogP contribution >= 0.6 is 0 Å². The van der Waals surface area contributed by atoms with Gasteiger partial charge in [-0.3, -0.25) is 0 Å². The zero-order valence-electron chi connectivity index (χ0n) is 12.4. The van der Waals surface area contributed by atoms with Crippen LogP contribution in [0, 0.1) is 18.8 Å². The molecule has 0 heterocycles. The van der Waals surface area contributed by atoms with Gasteiger partial charge in [0.2, 0.25) is 10.0 Å². The molecule has 112 valence electrons. The Bertz CT molecular complexity index is 569. The minimum Gasteiger partial charge on any atom is -0.313 e. The fourth-order valence-corrected chi connectivity index (χ4v) is 3.76. The van der Waals surface area contributed by atoms with E-state index < -0.39 is 10.0 Å². The van der Waals surface area contributed by atoms with E-state index in [0.717, 1.165) is 24.1 Å². The molecule has 4 nitrogen and oxygen atoms in total. The topological polar surface area (TPSA) is 58.2 Å². The summed E-state index contributed by atoms with van der Waals surface area (Å²) in [4.78, 5) is 0.404. The van der Waals surface area contributed by atoms with E-state index >= 15 is 0 Å². The van der Waals surface area contributed by atoms with Gasteiger partial charge >= 0.3 is 0 Å². The predicted octanol–water partition coefficient (Wildman–Crippen LogP) is 2.04. The van der Waals surface area contributed by atoms with E-state index in [1.807, 2.05) is 26.0 Å². The number of sulfonamides is 1. The van der Waals surface area contributed by atoms with Crippen molar-refractivity contribution in [2.75, 3.05) is 13.1 Å². The Labute approximate surface area is 122 Å². The molecular formula is C15H24N2O2S. The van der Waals surface area contributed by atoms with E-state index in [1.165, 1.54) is 0 Å². The van der Waals surface area contributed by atoms with Crippen LogP contribution < -0.4 is 10.0 Å². The highest BCUT2D eigenvalue weighted by Gasteiger charge is 2.33. The fourth-order valence-electron chi connectivity index (χ4n) is 2.38. The van der Waals surface area contributed by atoms with E-state index in [1.54, 1.807) is 6.07 Å². The van der Waals surface area contributed by atoms with Gasteiger partial charge in [0.25, 0.3) is 0 Å². The first-order valence-corrected chi connectivity index (χ1v) is 8.73. The third-order valence-electron chi connectivity index (χ3n) is 4.06. The maximum atomic E-state index is 12.4. The van der Waals surface area contributed by atoms with Crippen LogP contribution in [0.2, 0.25) is 0 Å². The lowest BCUT2D eigenvalue weighted by atomic mass is 10.1. The van der Waals surface area contributed by atoms with Crippen LogP contribution in [0.3, 0.4) is 0 Å². The molecule has 1 aliphatic carbocycles. The van der Waals surface area contributed by atoms with Gasteiger partial charge in [-0.25, -0.2) is 13.1 Å². The lowest BCUT2D eigenvalue weighted by Gasteiger charge is -2.13. The molecule has 0 radical (unpaired) electrons. The molecule has 1 fully saturated rings. The quantitative estimate of drug-likeness (QED) is 0.809. The van der Waals surface area contributed by atoms with E-state index in [0.29, 0.717) is 29.8 Å². The molecule has 0 amide bonds. The van der Waals surface area contributed by atoms with Crippen molar-refractivity contribution in [2.24, 2.45) is 11.8 Å². The molecular weight excluding hydrogens is 272 g/mol. The molecule has 2 N–H and O–H groups in total. The third kappa shape index (κ3) is 3.59. The van der Waals surface area contributed by atoms with Crippen LogP contribution in [0.1, 0.15) is 31.4 Å². The smallest absolute Gasteiger partial charge is 0.240 e. The van der Waals surface area contributed by atoms with Crippen LogP contribution in [-0.2, 0) is 16.6 Å². The summed E-state index contributed by atoms with van der Waals surface area (Å²) >= 11 is 0. The van der Waals surface area contributed by atoms with Crippen molar-refractivity contribution in [3.05, 3.63) is 29.3 Å². The van der Waals surface area contributed by atoms with Crippen molar-refractivity contribution in [3.63, 3.8) is 0 Å². The highest BCUT2D eigenvalue weighted by atomic mass is 32.2. The largest absolute Gasteiger partial charge is 0.313 e. The maximum Gasteiger partial charge on any atom is 0.240 e. The van der Waals surface area contributed by atoms with Gasteiger partial charge in [0.15, 0.2) is 0 Å². The van der Waals surface area contributed by atoms with Crippen molar-refractivity contribution in [2.45, 2.75) is 38.6 Å². The summed E-state index contributed by atoms with van der Waals surface area (Å²) in [5.74, 6) is 1.16. The average Bonchev–Trinajstić information content (AvgIpc) is 3.11. The van der Waals surface area contributed by atoms with Crippen LogP contribution in [0.15, 0.2) is 23.1 Å². The van der Waals surface area contributed by atoms with Crippen molar-refractivity contribution >= 4 is 10.0 Å². The maximum absolute atomic E-state index is 12.4.